The smallest absolute Gasteiger partial charge is 0.370 e. The van der Waals surface area contributed by atoms with Crippen LogP contribution in [0.25, 0.3) is 0 Å². The molecule has 0 aromatic heterocycles. The fourth-order valence-corrected chi connectivity index (χ4v) is 5.50. The number of alkyl halides is 6. The van der Waals surface area contributed by atoms with Gasteiger partial charge in [-0.25, -0.2) is 4.39 Å². The van der Waals surface area contributed by atoms with E-state index in [2.05, 4.69) is 0 Å². The molecule has 214 valence electrons. The Morgan fingerprint density at radius 3 is 2.03 bits per heavy atom. The quantitative estimate of drug-likeness (QED) is 0.408. The van der Waals surface area contributed by atoms with E-state index in [1.165, 1.54) is 19.1 Å². The van der Waals surface area contributed by atoms with Crippen LogP contribution in [0.5, 0.6) is 0 Å². The van der Waals surface area contributed by atoms with Crippen molar-refractivity contribution in [3.05, 3.63) is 70.5 Å². The minimum absolute atomic E-state index is 0.00629. The second kappa shape index (κ2) is 11.4. The molecule has 2 N–H and O–H groups in total. The van der Waals surface area contributed by atoms with Gasteiger partial charge >= 0.3 is 12.4 Å². The molecule has 1 aliphatic carbocycles. The molecule has 1 saturated heterocycles. The van der Waals surface area contributed by atoms with Gasteiger partial charge in [-0.2, -0.15) is 26.3 Å². The molecule has 4 nitrogen and oxygen atoms in total. The predicted molar refractivity (Wildman–Crippen MR) is 130 cm³/mol. The molecule has 2 fully saturated rings. The first-order valence-corrected chi connectivity index (χ1v) is 13.0. The van der Waals surface area contributed by atoms with E-state index in [1.54, 1.807) is 17.0 Å². The van der Waals surface area contributed by atoms with Gasteiger partial charge in [0.1, 0.15) is 5.82 Å². The highest BCUT2D eigenvalue weighted by atomic mass is 19.4. The minimum atomic E-state index is -4.97. The van der Waals surface area contributed by atoms with Gasteiger partial charge in [0, 0.05) is 31.0 Å². The summed E-state index contributed by atoms with van der Waals surface area (Å²) in [5.41, 5.74) is 3.55. The number of nitrogens with two attached hydrogens (primary N) is 1. The summed E-state index contributed by atoms with van der Waals surface area (Å²) in [6.07, 6.45) is -8.48. The highest BCUT2D eigenvalue weighted by Crippen LogP contribution is 2.40. The first kappa shape index (κ1) is 29.3. The normalized spacial score (nSPS) is 25.4. The second-order valence-corrected chi connectivity index (χ2v) is 10.5. The van der Waals surface area contributed by atoms with Gasteiger partial charge in [-0.15, -0.1) is 0 Å². The second-order valence-electron chi connectivity index (χ2n) is 10.5. The zero-order chi connectivity index (χ0) is 28.5. The third-order valence-corrected chi connectivity index (χ3v) is 7.74. The van der Waals surface area contributed by atoms with Gasteiger partial charge in [0.15, 0.2) is 0 Å². The van der Waals surface area contributed by atoms with Crippen molar-refractivity contribution < 1.29 is 40.3 Å². The molecule has 1 amide bonds. The Balaban J connectivity index is 1.58. The van der Waals surface area contributed by atoms with E-state index >= 15 is 0 Å². The number of carbonyl (C=O) groups is 1. The van der Waals surface area contributed by atoms with Gasteiger partial charge in [0.25, 0.3) is 0 Å². The highest BCUT2D eigenvalue weighted by Gasteiger charge is 2.39. The van der Waals surface area contributed by atoms with Gasteiger partial charge in [-0.3, -0.25) is 4.79 Å². The van der Waals surface area contributed by atoms with Crippen LogP contribution in [0.4, 0.5) is 30.7 Å². The lowest BCUT2D eigenvalue weighted by atomic mass is 9.83. The Hall–Kier alpha value is -2.66. The lowest BCUT2D eigenvalue weighted by molar-refractivity contribution is -0.143. The molecule has 1 aliphatic heterocycles. The number of amides is 1. The molecule has 11 heteroatoms. The first-order chi connectivity index (χ1) is 18.2. The maximum absolute atomic E-state index is 13.6. The molecule has 1 saturated carbocycles. The van der Waals surface area contributed by atoms with E-state index in [9.17, 15) is 35.5 Å². The van der Waals surface area contributed by atoms with Crippen molar-refractivity contribution >= 4 is 5.91 Å². The summed E-state index contributed by atoms with van der Waals surface area (Å²) in [4.78, 5) is 15.0. The third-order valence-electron chi connectivity index (χ3n) is 7.74. The van der Waals surface area contributed by atoms with Crippen LogP contribution < -0.4 is 5.73 Å². The minimum Gasteiger partial charge on any atom is -0.370 e. The number of halogens is 7. The van der Waals surface area contributed by atoms with Gasteiger partial charge in [-0.1, -0.05) is 12.1 Å². The summed E-state index contributed by atoms with van der Waals surface area (Å²) in [6, 6.07) is 7.14. The number of ether oxygens (including phenoxy) is 1. The Morgan fingerprint density at radius 1 is 0.923 bits per heavy atom. The van der Waals surface area contributed by atoms with Crippen LogP contribution in [0.3, 0.4) is 0 Å². The Kier molecular flexibility index (Phi) is 8.61. The van der Waals surface area contributed by atoms with Crippen LogP contribution in [0.15, 0.2) is 42.5 Å². The maximum Gasteiger partial charge on any atom is 0.416 e. The van der Waals surface area contributed by atoms with Crippen molar-refractivity contribution in [1.82, 2.24) is 4.90 Å². The molecule has 39 heavy (non-hydrogen) atoms. The molecular weight excluding hydrogens is 529 g/mol. The van der Waals surface area contributed by atoms with Crippen LogP contribution in [0.1, 0.15) is 73.3 Å². The van der Waals surface area contributed by atoms with E-state index in [1.807, 2.05) is 0 Å². The number of piperidine rings is 1. The molecule has 1 heterocycles. The Bertz CT molecular complexity index is 1110. The van der Waals surface area contributed by atoms with Crippen LogP contribution in [0.2, 0.25) is 0 Å². The van der Waals surface area contributed by atoms with Crippen molar-refractivity contribution in [3.63, 3.8) is 0 Å². The number of rotatable bonds is 5. The average Bonchev–Trinajstić information content (AvgIpc) is 2.88. The Labute approximate surface area is 222 Å². The molecule has 2 aromatic carbocycles. The van der Waals surface area contributed by atoms with Gasteiger partial charge in [-0.05, 0) is 80.5 Å². The number of carbonyl (C=O) groups excluding carboxylic acids is 1. The largest absolute Gasteiger partial charge is 0.416 e. The topological polar surface area (TPSA) is 55.6 Å². The van der Waals surface area contributed by atoms with Crippen LogP contribution >= 0.6 is 0 Å². The lowest BCUT2D eigenvalue weighted by Gasteiger charge is -2.41. The summed E-state index contributed by atoms with van der Waals surface area (Å²) in [7, 11) is 0. The van der Waals surface area contributed by atoms with Crippen LogP contribution in [-0.2, 0) is 21.9 Å². The van der Waals surface area contributed by atoms with Crippen molar-refractivity contribution in [2.24, 2.45) is 11.7 Å². The average molecular weight is 561 g/mol. The standard InChI is InChI=1S/C28H31F7N2O2/c1-16(19-12-20(27(30,31)32)14-21(13-19)28(33,34)35)39-25-10-11-37(26(38)18-4-8-23(36)9-5-18)15-24(25)17-2-6-22(29)7-3-17/h2-3,6-7,12-14,16,18,23-25H,4-5,8-11,15,36H2,1H3/t16-,18?,23?,24-,25+/m1/s1. The van der Waals surface area contributed by atoms with E-state index in [-0.39, 0.29) is 36.0 Å². The van der Waals surface area contributed by atoms with E-state index in [0.29, 0.717) is 43.5 Å². The lowest BCUT2D eigenvalue weighted by Crippen LogP contribution is -2.48. The summed E-state index contributed by atoms with van der Waals surface area (Å²) in [5, 5.41) is 0. The van der Waals surface area contributed by atoms with Crippen molar-refractivity contribution in [2.45, 2.75) is 75.5 Å². The SMILES string of the molecule is C[C@@H](O[C@H]1CCN(C(=O)C2CCC(N)CC2)C[C@@H]1c1ccc(F)cc1)c1cc(C(F)(F)F)cc(C(F)(F)F)c1. The molecule has 0 spiro atoms. The molecule has 0 radical (unpaired) electrons. The molecular formula is C28H31F7N2O2. The summed E-state index contributed by atoms with van der Waals surface area (Å²) < 4.78 is 100. The molecule has 2 aromatic rings. The molecule has 4 rings (SSSR count). The number of hydrogen-bond donors (Lipinski definition) is 1. The van der Waals surface area contributed by atoms with Crippen LogP contribution in [-0.4, -0.2) is 36.0 Å². The monoisotopic (exact) mass is 560 g/mol. The predicted octanol–water partition coefficient (Wildman–Crippen LogP) is 6.84. The van der Waals surface area contributed by atoms with Crippen molar-refractivity contribution in [1.29, 1.82) is 0 Å². The number of nitrogens with zero attached hydrogens (tertiary/aromatic N) is 1. The van der Waals surface area contributed by atoms with E-state index in [4.69, 9.17) is 10.5 Å². The van der Waals surface area contributed by atoms with Gasteiger partial charge in [0.05, 0.1) is 23.3 Å². The van der Waals surface area contributed by atoms with Crippen LogP contribution in [0, 0.1) is 11.7 Å². The summed E-state index contributed by atoms with van der Waals surface area (Å²) >= 11 is 0. The number of hydrogen-bond acceptors (Lipinski definition) is 3. The van der Waals surface area contributed by atoms with Crippen molar-refractivity contribution in [3.8, 4) is 0 Å². The summed E-state index contributed by atoms with van der Waals surface area (Å²) in [5.74, 6) is -1.07. The van der Waals surface area contributed by atoms with E-state index < -0.39 is 47.4 Å². The van der Waals surface area contributed by atoms with Gasteiger partial charge < -0.3 is 15.4 Å². The molecule has 0 bridgehead atoms. The Morgan fingerprint density at radius 2 is 1.49 bits per heavy atom. The zero-order valence-electron chi connectivity index (χ0n) is 21.4. The molecule has 3 atom stereocenters. The van der Waals surface area contributed by atoms with Crippen molar-refractivity contribution in [2.75, 3.05) is 13.1 Å². The molecule has 2 aliphatic rings. The number of benzene rings is 2. The third kappa shape index (κ3) is 7.11. The van der Waals surface area contributed by atoms with Gasteiger partial charge in [0.2, 0.25) is 5.91 Å². The fourth-order valence-electron chi connectivity index (χ4n) is 5.50. The maximum atomic E-state index is 13.6. The van der Waals surface area contributed by atoms with E-state index in [0.717, 1.165) is 12.8 Å². The number of likely N-dealkylation sites (tertiary alicyclic amines) is 1. The molecule has 0 unspecified atom stereocenters. The first-order valence-electron chi connectivity index (χ1n) is 13.0. The fraction of sp³-hybridized carbons (Fsp3) is 0.536. The highest BCUT2D eigenvalue weighted by molar-refractivity contribution is 5.79. The zero-order valence-corrected chi connectivity index (χ0v) is 21.4. The summed E-state index contributed by atoms with van der Waals surface area (Å²) in [6.45, 7) is 1.97.